The summed E-state index contributed by atoms with van der Waals surface area (Å²) in [5, 5.41) is 8.90. The summed E-state index contributed by atoms with van der Waals surface area (Å²) in [5.41, 5.74) is 1.44. The Morgan fingerprint density at radius 2 is 1.75 bits per heavy atom. The summed E-state index contributed by atoms with van der Waals surface area (Å²) in [6, 6.07) is 6.15. The van der Waals surface area contributed by atoms with Crippen molar-refractivity contribution in [3.05, 3.63) is 35.4 Å². The Bertz CT molecular complexity index is 467. The monoisotopic (exact) mass is 279 g/mol. The number of ether oxygens (including phenoxy) is 1. The summed E-state index contributed by atoms with van der Waals surface area (Å²) in [7, 11) is 1.48. The number of benzene rings is 1. The van der Waals surface area contributed by atoms with Crippen LogP contribution in [0.1, 0.15) is 36.7 Å². The van der Waals surface area contributed by atoms with Gasteiger partial charge >= 0.3 is 5.97 Å². The van der Waals surface area contributed by atoms with Crippen LogP contribution in [0.5, 0.6) is 0 Å². The summed E-state index contributed by atoms with van der Waals surface area (Å²) < 4.78 is 5.47. The highest BCUT2D eigenvalue weighted by molar-refractivity contribution is 5.96. The second-order valence-electron chi connectivity index (χ2n) is 4.99. The van der Waals surface area contributed by atoms with Crippen LogP contribution in [-0.2, 0) is 16.1 Å². The van der Waals surface area contributed by atoms with E-state index in [1.54, 1.807) is 12.1 Å². The SMILES string of the molecule is CC(C)OCc1ccc(C(=O)N(C)C(C)C(=O)O)cc1. The lowest BCUT2D eigenvalue weighted by Gasteiger charge is -2.21. The third-order valence-electron chi connectivity index (χ3n) is 3.04. The van der Waals surface area contributed by atoms with E-state index in [-0.39, 0.29) is 12.0 Å². The molecule has 0 aliphatic rings. The van der Waals surface area contributed by atoms with Gasteiger partial charge in [0.15, 0.2) is 0 Å². The van der Waals surface area contributed by atoms with E-state index in [9.17, 15) is 9.59 Å². The Kier molecular flexibility index (Phi) is 5.70. The molecule has 0 radical (unpaired) electrons. The predicted octanol–water partition coefficient (Wildman–Crippen LogP) is 2.16. The summed E-state index contributed by atoms with van der Waals surface area (Å²) in [4.78, 5) is 24.2. The Balaban J connectivity index is 2.72. The van der Waals surface area contributed by atoms with E-state index in [2.05, 4.69) is 0 Å². The van der Waals surface area contributed by atoms with E-state index in [0.717, 1.165) is 5.56 Å². The van der Waals surface area contributed by atoms with Gasteiger partial charge in [0.25, 0.3) is 5.91 Å². The number of carboxylic acid groups (broad SMARTS) is 1. The minimum absolute atomic E-state index is 0.152. The zero-order valence-corrected chi connectivity index (χ0v) is 12.3. The lowest BCUT2D eigenvalue weighted by molar-refractivity contribution is -0.141. The van der Waals surface area contributed by atoms with E-state index in [1.807, 2.05) is 26.0 Å². The Morgan fingerprint density at radius 1 is 1.20 bits per heavy atom. The molecule has 1 rings (SSSR count). The summed E-state index contributed by atoms with van der Waals surface area (Å²) in [5.74, 6) is -1.33. The van der Waals surface area contributed by atoms with Crippen molar-refractivity contribution in [2.45, 2.75) is 39.5 Å². The molecular weight excluding hydrogens is 258 g/mol. The average molecular weight is 279 g/mol. The van der Waals surface area contributed by atoms with Crippen LogP contribution >= 0.6 is 0 Å². The molecule has 1 aromatic carbocycles. The van der Waals surface area contributed by atoms with Gasteiger partial charge in [-0.25, -0.2) is 4.79 Å². The molecule has 1 amide bonds. The Hall–Kier alpha value is -1.88. The van der Waals surface area contributed by atoms with E-state index in [4.69, 9.17) is 9.84 Å². The number of nitrogens with zero attached hydrogens (tertiary/aromatic N) is 1. The normalized spacial score (nSPS) is 12.2. The van der Waals surface area contributed by atoms with Gasteiger partial charge in [0, 0.05) is 12.6 Å². The largest absolute Gasteiger partial charge is 0.480 e. The number of likely N-dealkylation sites (N-methyl/N-ethyl adjacent to an activating group) is 1. The van der Waals surface area contributed by atoms with E-state index < -0.39 is 12.0 Å². The molecule has 1 atom stereocenters. The fraction of sp³-hybridized carbons (Fsp3) is 0.467. The van der Waals surface area contributed by atoms with Gasteiger partial charge in [0.2, 0.25) is 0 Å². The van der Waals surface area contributed by atoms with E-state index in [1.165, 1.54) is 18.9 Å². The smallest absolute Gasteiger partial charge is 0.326 e. The lowest BCUT2D eigenvalue weighted by Crippen LogP contribution is -2.40. The predicted molar refractivity (Wildman–Crippen MR) is 75.6 cm³/mol. The van der Waals surface area contributed by atoms with Crippen molar-refractivity contribution in [1.29, 1.82) is 0 Å². The second kappa shape index (κ2) is 7.05. The summed E-state index contributed by atoms with van der Waals surface area (Å²) >= 11 is 0. The molecule has 0 spiro atoms. The first kappa shape index (κ1) is 16.2. The Labute approximate surface area is 119 Å². The second-order valence-corrected chi connectivity index (χ2v) is 4.99. The molecule has 0 aliphatic heterocycles. The maximum Gasteiger partial charge on any atom is 0.326 e. The molecular formula is C15H21NO4. The fourth-order valence-electron chi connectivity index (χ4n) is 1.55. The van der Waals surface area contributed by atoms with Gasteiger partial charge < -0.3 is 14.7 Å². The number of amides is 1. The third-order valence-corrected chi connectivity index (χ3v) is 3.04. The van der Waals surface area contributed by atoms with Crippen molar-refractivity contribution in [2.24, 2.45) is 0 Å². The molecule has 5 nitrogen and oxygen atoms in total. The first-order chi connectivity index (χ1) is 9.32. The van der Waals surface area contributed by atoms with Crippen molar-refractivity contribution in [2.75, 3.05) is 7.05 Å². The number of hydrogen-bond donors (Lipinski definition) is 1. The van der Waals surface area contributed by atoms with Crippen LogP contribution in [-0.4, -0.2) is 41.1 Å². The highest BCUT2D eigenvalue weighted by Crippen LogP contribution is 2.10. The van der Waals surface area contributed by atoms with Gasteiger partial charge in [-0.05, 0) is 38.5 Å². The highest BCUT2D eigenvalue weighted by Gasteiger charge is 2.22. The third kappa shape index (κ3) is 4.35. The maximum absolute atomic E-state index is 12.1. The number of rotatable bonds is 6. The van der Waals surface area contributed by atoms with Crippen LogP contribution in [0, 0.1) is 0 Å². The number of hydrogen-bond acceptors (Lipinski definition) is 3. The van der Waals surface area contributed by atoms with Crippen LogP contribution in [0.3, 0.4) is 0 Å². The van der Waals surface area contributed by atoms with Crippen LogP contribution in [0.2, 0.25) is 0 Å². The first-order valence-corrected chi connectivity index (χ1v) is 6.53. The molecule has 0 fully saturated rings. The van der Waals surface area contributed by atoms with Gasteiger partial charge in [0.1, 0.15) is 6.04 Å². The molecule has 110 valence electrons. The minimum Gasteiger partial charge on any atom is -0.480 e. The van der Waals surface area contributed by atoms with Crippen molar-refractivity contribution in [1.82, 2.24) is 4.90 Å². The Morgan fingerprint density at radius 3 is 2.20 bits per heavy atom. The molecule has 1 aromatic rings. The zero-order valence-electron chi connectivity index (χ0n) is 12.3. The number of carbonyl (C=O) groups is 2. The standard InChI is InChI=1S/C15H21NO4/c1-10(2)20-9-12-5-7-13(8-6-12)14(17)16(4)11(3)15(18)19/h5-8,10-11H,9H2,1-4H3,(H,18,19). The summed E-state index contributed by atoms with van der Waals surface area (Å²) in [6.45, 7) is 5.89. The fourth-order valence-corrected chi connectivity index (χ4v) is 1.55. The topological polar surface area (TPSA) is 66.8 Å². The van der Waals surface area contributed by atoms with Crippen LogP contribution in [0.25, 0.3) is 0 Å². The van der Waals surface area contributed by atoms with Crippen LogP contribution < -0.4 is 0 Å². The van der Waals surface area contributed by atoms with Gasteiger partial charge in [-0.2, -0.15) is 0 Å². The van der Waals surface area contributed by atoms with Crippen molar-refractivity contribution >= 4 is 11.9 Å². The maximum atomic E-state index is 12.1. The van der Waals surface area contributed by atoms with Crippen molar-refractivity contribution in [3.63, 3.8) is 0 Å². The molecule has 5 heteroatoms. The van der Waals surface area contributed by atoms with Crippen LogP contribution in [0.15, 0.2) is 24.3 Å². The number of carbonyl (C=O) groups excluding carboxylic acids is 1. The zero-order chi connectivity index (χ0) is 15.3. The van der Waals surface area contributed by atoms with Gasteiger partial charge in [-0.15, -0.1) is 0 Å². The quantitative estimate of drug-likeness (QED) is 0.866. The van der Waals surface area contributed by atoms with Crippen molar-refractivity contribution in [3.8, 4) is 0 Å². The van der Waals surface area contributed by atoms with Crippen LogP contribution in [0.4, 0.5) is 0 Å². The average Bonchev–Trinajstić information content (AvgIpc) is 2.43. The molecule has 0 saturated carbocycles. The molecule has 20 heavy (non-hydrogen) atoms. The number of aliphatic carboxylic acids is 1. The molecule has 0 bridgehead atoms. The molecule has 1 unspecified atom stereocenters. The number of carboxylic acids is 1. The molecule has 0 saturated heterocycles. The summed E-state index contributed by atoms with van der Waals surface area (Å²) in [6.07, 6.45) is 0.152. The molecule has 0 aromatic heterocycles. The molecule has 1 N–H and O–H groups in total. The van der Waals surface area contributed by atoms with Gasteiger partial charge in [0.05, 0.1) is 12.7 Å². The van der Waals surface area contributed by atoms with Crippen molar-refractivity contribution < 1.29 is 19.4 Å². The first-order valence-electron chi connectivity index (χ1n) is 6.53. The lowest BCUT2D eigenvalue weighted by atomic mass is 10.1. The molecule has 0 heterocycles. The van der Waals surface area contributed by atoms with Gasteiger partial charge in [-0.1, -0.05) is 12.1 Å². The van der Waals surface area contributed by atoms with E-state index >= 15 is 0 Å². The highest BCUT2D eigenvalue weighted by atomic mass is 16.5. The minimum atomic E-state index is -1.03. The van der Waals surface area contributed by atoms with Gasteiger partial charge in [-0.3, -0.25) is 4.79 Å². The molecule has 0 aliphatic carbocycles. The van der Waals surface area contributed by atoms with E-state index in [0.29, 0.717) is 12.2 Å².